The van der Waals surface area contributed by atoms with E-state index in [0.717, 1.165) is 0 Å². The number of rotatable bonds is 5. The van der Waals surface area contributed by atoms with Crippen LogP contribution < -0.4 is 5.32 Å². The molecule has 0 aliphatic rings. The number of alkyl halides is 1. The van der Waals surface area contributed by atoms with Crippen molar-refractivity contribution in [2.45, 2.75) is 24.6 Å². The second kappa shape index (κ2) is 5.99. The smallest absolute Gasteiger partial charge is 0.305 e. The molecule has 1 unspecified atom stereocenters. The van der Waals surface area contributed by atoms with E-state index >= 15 is 0 Å². The van der Waals surface area contributed by atoms with Gasteiger partial charge in [0.15, 0.2) is 0 Å². The maximum absolute atomic E-state index is 11.0. The lowest BCUT2D eigenvalue weighted by molar-refractivity contribution is -0.136. The standard InChI is InChI=1S/C7H12BrNO3/c1-2-5(8)7(12)9-4-3-6(10)11/h5H,2-4H2,1H3,(H,9,12)(H,10,11). The number of aliphatic carboxylic acids is 1. The van der Waals surface area contributed by atoms with Gasteiger partial charge in [0.1, 0.15) is 0 Å². The summed E-state index contributed by atoms with van der Waals surface area (Å²) < 4.78 is 0. The Hall–Kier alpha value is -0.580. The minimum absolute atomic E-state index is 0.0326. The average Bonchev–Trinajstić information content (AvgIpc) is 2.02. The van der Waals surface area contributed by atoms with Gasteiger partial charge in [-0.25, -0.2) is 0 Å². The van der Waals surface area contributed by atoms with Crippen molar-refractivity contribution in [2.75, 3.05) is 6.54 Å². The lowest BCUT2D eigenvalue weighted by Gasteiger charge is -2.06. The molecule has 0 bridgehead atoms. The van der Waals surface area contributed by atoms with Crippen molar-refractivity contribution >= 4 is 27.8 Å². The number of hydrogen-bond donors (Lipinski definition) is 2. The Morgan fingerprint density at radius 2 is 2.17 bits per heavy atom. The molecule has 0 aliphatic heterocycles. The molecule has 0 aromatic carbocycles. The first-order chi connectivity index (χ1) is 5.57. The number of amides is 1. The van der Waals surface area contributed by atoms with Crippen molar-refractivity contribution in [3.63, 3.8) is 0 Å². The van der Waals surface area contributed by atoms with Gasteiger partial charge in [-0.3, -0.25) is 9.59 Å². The largest absolute Gasteiger partial charge is 0.481 e. The van der Waals surface area contributed by atoms with E-state index in [4.69, 9.17) is 5.11 Å². The summed E-state index contributed by atoms with van der Waals surface area (Å²) in [6.45, 7) is 2.06. The van der Waals surface area contributed by atoms with Crippen LogP contribution in [-0.4, -0.2) is 28.4 Å². The lowest BCUT2D eigenvalue weighted by atomic mass is 10.3. The van der Waals surface area contributed by atoms with Crippen LogP contribution >= 0.6 is 15.9 Å². The van der Waals surface area contributed by atoms with Gasteiger partial charge >= 0.3 is 5.97 Å². The summed E-state index contributed by atoms with van der Waals surface area (Å²) in [5.41, 5.74) is 0. The molecule has 0 heterocycles. The molecular formula is C7H12BrNO3. The maximum atomic E-state index is 11.0. The Balaban J connectivity index is 3.50. The van der Waals surface area contributed by atoms with Gasteiger partial charge in [-0.05, 0) is 6.42 Å². The highest BCUT2D eigenvalue weighted by Crippen LogP contribution is 2.03. The first-order valence-corrected chi connectivity index (χ1v) is 4.63. The van der Waals surface area contributed by atoms with E-state index in [1.54, 1.807) is 0 Å². The van der Waals surface area contributed by atoms with Crippen LogP contribution in [0.5, 0.6) is 0 Å². The summed E-state index contributed by atoms with van der Waals surface area (Å²) >= 11 is 3.15. The molecule has 12 heavy (non-hydrogen) atoms. The van der Waals surface area contributed by atoms with Gasteiger partial charge in [0.05, 0.1) is 11.2 Å². The van der Waals surface area contributed by atoms with Gasteiger partial charge < -0.3 is 10.4 Å². The van der Waals surface area contributed by atoms with E-state index in [0.29, 0.717) is 6.42 Å². The molecular weight excluding hydrogens is 226 g/mol. The fourth-order valence-corrected chi connectivity index (χ4v) is 0.751. The fourth-order valence-electron chi connectivity index (χ4n) is 0.589. The van der Waals surface area contributed by atoms with Crippen molar-refractivity contribution in [3.8, 4) is 0 Å². The van der Waals surface area contributed by atoms with Gasteiger partial charge in [0, 0.05) is 6.54 Å². The normalized spacial score (nSPS) is 12.2. The summed E-state index contributed by atoms with van der Waals surface area (Å²) in [4.78, 5) is 20.8. The van der Waals surface area contributed by atoms with E-state index < -0.39 is 5.97 Å². The van der Waals surface area contributed by atoms with Gasteiger partial charge in [-0.15, -0.1) is 0 Å². The second-order valence-corrected chi connectivity index (χ2v) is 3.42. The molecule has 0 saturated heterocycles. The summed E-state index contributed by atoms with van der Waals surface area (Å²) in [5.74, 6) is -1.06. The molecule has 0 rings (SSSR count). The number of halogens is 1. The van der Waals surface area contributed by atoms with Crippen LogP contribution in [0.15, 0.2) is 0 Å². The monoisotopic (exact) mass is 237 g/mol. The van der Waals surface area contributed by atoms with Crippen molar-refractivity contribution in [3.05, 3.63) is 0 Å². The molecule has 0 spiro atoms. The van der Waals surface area contributed by atoms with Crippen molar-refractivity contribution in [1.82, 2.24) is 5.32 Å². The fraction of sp³-hybridized carbons (Fsp3) is 0.714. The van der Waals surface area contributed by atoms with E-state index in [-0.39, 0.29) is 23.7 Å². The van der Waals surface area contributed by atoms with E-state index in [1.807, 2.05) is 6.92 Å². The molecule has 2 N–H and O–H groups in total. The highest BCUT2D eigenvalue weighted by atomic mass is 79.9. The Kier molecular flexibility index (Phi) is 5.70. The summed E-state index contributed by atoms with van der Waals surface area (Å²) in [6, 6.07) is 0. The van der Waals surface area contributed by atoms with E-state index in [9.17, 15) is 9.59 Å². The quantitative estimate of drug-likeness (QED) is 0.694. The van der Waals surface area contributed by atoms with Crippen LogP contribution in [-0.2, 0) is 9.59 Å². The Morgan fingerprint density at radius 1 is 1.58 bits per heavy atom. The molecule has 0 radical (unpaired) electrons. The van der Waals surface area contributed by atoms with Crippen LogP contribution in [0.3, 0.4) is 0 Å². The third-order valence-corrected chi connectivity index (χ3v) is 2.34. The van der Waals surface area contributed by atoms with Crippen LogP contribution in [0, 0.1) is 0 Å². The summed E-state index contributed by atoms with van der Waals surface area (Å²) in [7, 11) is 0. The SMILES string of the molecule is CCC(Br)C(=O)NCCC(=O)O. The minimum Gasteiger partial charge on any atom is -0.481 e. The zero-order chi connectivity index (χ0) is 9.56. The number of carbonyl (C=O) groups is 2. The average molecular weight is 238 g/mol. The van der Waals surface area contributed by atoms with Crippen LogP contribution in [0.1, 0.15) is 19.8 Å². The third kappa shape index (κ3) is 5.12. The van der Waals surface area contributed by atoms with Crippen molar-refractivity contribution < 1.29 is 14.7 Å². The molecule has 0 aliphatic carbocycles. The van der Waals surface area contributed by atoms with Gasteiger partial charge in [-0.1, -0.05) is 22.9 Å². The molecule has 5 heteroatoms. The van der Waals surface area contributed by atoms with E-state index in [2.05, 4.69) is 21.2 Å². The zero-order valence-corrected chi connectivity index (χ0v) is 8.43. The number of carboxylic acids is 1. The van der Waals surface area contributed by atoms with Gasteiger partial charge in [0.2, 0.25) is 5.91 Å². The van der Waals surface area contributed by atoms with Crippen LogP contribution in [0.2, 0.25) is 0 Å². The number of carboxylic acid groups (broad SMARTS) is 1. The molecule has 0 aromatic rings. The topological polar surface area (TPSA) is 66.4 Å². The number of hydrogen-bond acceptors (Lipinski definition) is 2. The van der Waals surface area contributed by atoms with Gasteiger partial charge in [-0.2, -0.15) is 0 Å². The number of nitrogens with one attached hydrogen (secondary N) is 1. The van der Waals surface area contributed by atoms with Crippen molar-refractivity contribution in [1.29, 1.82) is 0 Å². The molecule has 0 aromatic heterocycles. The predicted molar refractivity (Wildman–Crippen MR) is 48.3 cm³/mol. The molecule has 1 atom stereocenters. The summed E-state index contributed by atoms with van der Waals surface area (Å²) in [5, 5.41) is 10.8. The van der Waals surface area contributed by atoms with Crippen molar-refractivity contribution in [2.24, 2.45) is 0 Å². The number of carbonyl (C=O) groups excluding carboxylic acids is 1. The van der Waals surface area contributed by atoms with Crippen LogP contribution in [0.4, 0.5) is 0 Å². The molecule has 0 fully saturated rings. The maximum Gasteiger partial charge on any atom is 0.305 e. The molecule has 70 valence electrons. The highest BCUT2D eigenvalue weighted by Gasteiger charge is 2.11. The molecule has 0 saturated carbocycles. The Morgan fingerprint density at radius 3 is 2.58 bits per heavy atom. The zero-order valence-electron chi connectivity index (χ0n) is 6.84. The van der Waals surface area contributed by atoms with E-state index in [1.165, 1.54) is 0 Å². The Labute approximate surface area is 79.5 Å². The lowest BCUT2D eigenvalue weighted by Crippen LogP contribution is -2.32. The van der Waals surface area contributed by atoms with Gasteiger partial charge in [0.25, 0.3) is 0 Å². The third-order valence-electron chi connectivity index (χ3n) is 1.28. The Bertz CT molecular complexity index is 172. The second-order valence-electron chi connectivity index (χ2n) is 2.31. The first-order valence-electron chi connectivity index (χ1n) is 3.71. The highest BCUT2D eigenvalue weighted by molar-refractivity contribution is 9.10. The minimum atomic E-state index is -0.905. The predicted octanol–water partition coefficient (Wildman–Crippen LogP) is 0.751. The molecule has 1 amide bonds. The van der Waals surface area contributed by atoms with Crippen LogP contribution in [0.25, 0.3) is 0 Å². The molecule has 4 nitrogen and oxygen atoms in total. The summed E-state index contributed by atoms with van der Waals surface area (Å²) in [6.07, 6.45) is 0.661. The first kappa shape index (κ1) is 11.4.